The molecular formula is C19H25NO4. The maximum Gasteiger partial charge on any atom is 0.410 e. The van der Waals surface area contributed by atoms with Crippen molar-refractivity contribution in [1.82, 2.24) is 4.90 Å². The summed E-state index contributed by atoms with van der Waals surface area (Å²) in [4.78, 5) is 38.7. The van der Waals surface area contributed by atoms with Gasteiger partial charge in [-0.25, -0.2) is 4.79 Å². The van der Waals surface area contributed by atoms with Crippen molar-refractivity contribution in [3.63, 3.8) is 0 Å². The largest absolute Gasteiger partial charge is 0.444 e. The minimum absolute atomic E-state index is 0.0948. The number of ketones is 2. The van der Waals surface area contributed by atoms with Gasteiger partial charge >= 0.3 is 6.09 Å². The van der Waals surface area contributed by atoms with Crippen LogP contribution in [0.1, 0.15) is 45.6 Å². The van der Waals surface area contributed by atoms with E-state index in [2.05, 4.69) is 0 Å². The van der Waals surface area contributed by atoms with Gasteiger partial charge in [0.2, 0.25) is 0 Å². The number of rotatable bonds is 3. The highest BCUT2D eigenvalue weighted by Crippen LogP contribution is 2.25. The van der Waals surface area contributed by atoms with E-state index in [0.717, 1.165) is 5.56 Å². The third-order valence-corrected chi connectivity index (χ3v) is 4.14. The molecule has 0 N–H and O–H groups in total. The van der Waals surface area contributed by atoms with E-state index < -0.39 is 17.6 Å². The SMILES string of the molecule is CC(C(=O)C1CN(C(=O)OC(C)(C)C)CCC1=O)c1ccccc1. The number of benzene rings is 1. The minimum Gasteiger partial charge on any atom is -0.444 e. The number of hydrogen-bond donors (Lipinski definition) is 0. The molecule has 0 saturated carbocycles. The smallest absolute Gasteiger partial charge is 0.410 e. The molecule has 1 saturated heterocycles. The fraction of sp³-hybridized carbons (Fsp3) is 0.526. The number of likely N-dealkylation sites (tertiary alicyclic amines) is 1. The molecule has 0 spiro atoms. The average molecular weight is 331 g/mol. The normalized spacial score (nSPS) is 19.8. The summed E-state index contributed by atoms with van der Waals surface area (Å²) in [6.07, 6.45) is -0.280. The first-order valence-corrected chi connectivity index (χ1v) is 8.28. The Morgan fingerprint density at radius 2 is 1.83 bits per heavy atom. The molecule has 1 heterocycles. The first kappa shape index (κ1) is 18.2. The maximum absolute atomic E-state index is 12.8. The lowest BCUT2D eigenvalue weighted by molar-refractivity contribution is -0.136. The highest BCUT2D eigenvalue weighted by molar-refractivity contribution is 6.06. The molecule has 1 aromatic carbocycles. The Balaban J connectivity index is 2.09. The predicted molar refractivity (Wildman–Crippen MR) is 90.8 cm³/mol. The molecule has 24 heavy (non-hydrogen) atoms. The van der Waals surface area contributed by atoms with Gasteiger partial charge in [-0.3, -0.25) is 9.59 Å². The summed E-state index contributed by atoms with van der Waals surface area (Å²) in [7, 11) is 0. The topological polar surface area (TPSA) is 63.7 Å². The fourth-order valence-electron chi connectivity index (χ4n) is 2.78. The van der Waals surface area contributed by atoms with Crippen molar-refractivity contribution in [2.75, 3.05) is 13.1 Å². The third kappa shape index (κ3) is 4.43. The van der Waals surface area contributed by atoms with E-state index in [1.165, 1.54) is 4.90 Å². The van der Waals surface area contributed by atoms with Crippen LogP contribution in [0.3, 0.4) is 0 Å². The zero-order chi connectivity index (χ0) is 17.9. The Morgan fingerprint density at radius 3 is 2.42 bits per heavy atom. The molecule has 0 aliphatic carbocycles. The number of ether oxygens (including phenoxy) is 1. The Labute approximate surface area is 143 Å². The number of amides is 1. The molecule has 1 fully saturated rings. The van der Waals surface area contributed by atoms with E-state index in [-0.39, 0.29) is 30.4 Å². The maximum atomic E-state index is 12.8. The van der Waals surface area contributed by atoms with E-state index >= 15 is 0 Å². The molecule has 0 aromatic heterocycles. The summed E-state index contributed by atoms with van der Waals surface area (Å²) >= 11 is 0. The fourth-order valence-corrected chi connectivity index (χ4v) is 2.78. The molecule has 1 aromatic rings. The van der Waals surface area contributed by atoms with Crippen LogP contribution in [0.4, 0.5) is 4.79 Å². The van der Waals surface area contributed by atoms with Gasteiger partial charge in [-0.05, 0) is 26.3 Å². The lowest BCUT2D eigenvalue weighted by Crippen LogP contribution is -2.49. The number of carbonyl (C=O) groups is 3. The van der Waals surface area contributed by atoms with Crippen molar-refractivity contribution < 1.29 is 19.1 Å². The number of nitrogens with zero attached hydrogens (tertiary/aromatic N) is 1. The summed E-state index contributed by atoms with van der Waals surface area (Å²) in [6.45, 7) is 7.58. The lowest BCUT2D eigenvalue weighted by Gasteiger charge is -2.33. The van der Waals surface area contributed by atoms with E-state index in [0.29, 0.717) is 6.54 Å². The van der Waals surface area contributed by atoms with Gasteiger partial charge in [-0.2, -0.15) is 0 Å². The van der Waals surface area contributed by atoms with Crippen LogP contribution >= 0.6 is 0 Å². The van der Waals surface area contributed by atoms with Gasteiger partial charge in [0.05, 0.1) is 5.92 Å². The van der Waals surface area contributed by atoms with E-state index in [4.69, 9.17) is 4.74 Å². The summed E-state index contributed by atoms with van der Waals surface area (Å²) < 4.78 is 5.35. The second-order valence-corrected chi connectivity index (χ2v) is 7.23. The number of piperidine rings is 1. The van der Waals surface area contributed by atoms with Crippen LogP contribution in [0, 0.1) is 5.92 Å². The van der Waals surface area contributed by atoms with Gasteiger partial charge in [0.1, 0.15) is 11.4 Å². The molecule has 1 aliphatic rings. The Hall–Kier alpha value is -2.17. The van der Waals surface area contributed by atoms with Crippen LogP contribution in [0.2, 0.25) is 0 Å². The van der Waals surface area contributed by atoms with Crippen LogP contribution in [-0.2, 0) is 14.3 Å². The van der Waals surface area contributed by atoms with Crippen LogP contribution < -0.4 is 0 Å². The summed E-state index contributed by atoms with van der Waals surface area (Å²) in [5.41, 5.74) is 0.278. The molecule has 0 radical (unpaired) electrons. The van der Waals surface area contributed by atoms with E-state index in [1.807, 2.05) is 30.3 Å². The molecule has 5 nitrogen and oxygen atoms in total. The van der Waals surface area contributed by atoms with Gasteiger partial charge in [0.25, 0.3) is 0 Å². The van der Waals surface area contributed by atoms with Gasteiger partial charge in [0.15, 0.2) is 5.78 Å². The number of Topliss-reactive ketones (excluding diaryl/α,β-unsaturated/α-hetero) is 2. The third-order valence-electron chi connectivity index (χ3n) is 4.14. The van der Waals surface area contributed by atoms with Crippen LogP contribution in [0.15, 0.2) is 30.3 Å². The highest BCUT2D eigenvalue weighted by Gasteiger charge is 2.38. The van der Waals surface area contributed by atoms with Gasteiger partial charge < -0.3 is 9.64 Å². The first-order chi connectivity index (χ1) is 11.2. The second kappa shape index (κ2) is 7.16. The summed E-state index contributed by atoms with van der Waals surface area (Å²) in [6, 6.07) is 9.38. The molecule has 130 valence electrons. The number of hydrogen-bond acceptors (Lipinski definition) is 4. The molecule has 2 rings (SSSR count). The zero-order valence-corrected chi connectivity index (χ0v) is 14.7. The summed E-state index contributed by atoms with van der Waals surface area (Å²) in [5, 5.41) is 0. The molecule has 0 bridgehead atoms. The monoisotopic (exact) mass is 331 g/mol. The predicted octanol–water partition coefficient (Wildman–Crippen LogP) is 3.19. The van der Waals surface area contributed by atoms with Crippen molar-refractivity contribution in [3.05, 3.63) is 35.9 Å². The average Bonchev–Trinajstić information content (AvgIpc) is 2.53. The quantitative estimate of drug-likeness (QED) is 0.798. The molecular weight excluding hydrogens is 306 g/mol. The van der Waals surface area contributed by atoms with Crippen molar-refractivity contribution in [3.8, 4) is 0 Å². The molecule has 1 amide bonds. The van der Waals surface area contributed by atoms with Crippen LogP contribution in [-0.4, -0.2) is 41.3 Å². The lowest BCUT2D eigenvalue weighted by atomic mass is 9.83. The van der Waals surface area contributed by atoms with Crippen molar-refractivity contribution >= 4 is 17.7 Å². The zero-order valence-electron chi connectivity index (χ0n) is 14.7. The number of carbonyl (C=O) groups excluding carboxylic acids is 3. The Morgan fingerprint density at radius 1 is 1.21 bits per heavy atom. The highest BCUT2D eigenvalue weighted by atomic mass is 16.6. The van der Waals surface area contributed by atoms with Gasteiger partial charge in [0, 0.05) is 25.4 Å². The Kier molecular flexibility index (Phi) is 5.42. The van der Waals surface area contributed by atoms with Gasteiger partial charge in [-0.15, -0.1) is 0 Å². The standard InChI is InChI=1S/C19H25NO4/c1-13(14-8-6-5-7-9-14)17(22)15-12-20(11-10-16(15)21)18(23)24-19(2,3)4/h5-9,13,15H,10-12H2,1-4H3. The van der Waals surface area contributed by atoms with E-state index in [1.54, 1.807) is 27.7 Å². The minimum atomic E-state index is -0.776. The summed E-state index contributed by atoms with van der Waals surface area (Å²) in [5.74, 6) is -1.39. The molecule has 5 heteroatoms. The van der Waals surface area contributed by atoms with Crippen molar-refractivity contribution in [1.29, 1.82) is 0 Å². The molecule has 2 unspecified atom stereocenters. The van der Waals surface area contributed by atoms with E-state index in [9.17, 15) is 14.4 Å². The van der Waals surface area contributed by atoms with Gasteiger partial charge in [-0.1, -0.05) is 37.3 Å². The molecule has 2 atom stereocenters. The second-order valence-electron chi connectivity index (χ2n) is 7.23. The molecule has 1 aliphatic heterocycles. The van der Waals surface area contributed by atoms with Crippen molar-refractivity contribution in [2.45, 2.75) is 45.6 Å². The Bertz CT molecular complexity index is 618. The van der Waals surface area contributed by atoms with Crippen LogP contribution in [0.25, 0.3) is 0 Å². The van der Waals surface area contributed by atoms with Crippen LogP contribution in [0.5, 0.6) is 0 Å². The van der Waals surface area contributed by atoms with Crippen molar-refractivity contribution in [2.24, 2.45) is 5.92 Å². The first-order valence-electron chi connectivity index (χ1n) is 8.28.